The van der Waals surface area contributed by atoms with Gasteiger partial charge in [-0.05, 0) is 63.5 Å². The molecule has 0 aliphatic rings. The molecule has 0 aliphatic heterocycles. The molecule has 0 bridgehead atoms. The van der Waals surface area contributed by atoms with Crippen molar-refractivity contribution in [2.45, 2.75) is 13.1 Å². The summed E-state index contributed by atoms with van der Waals surface area (Å²) in [5.41, 5.74) is 6.26. The summed E-state index contributed by atoms with van der Waals surface area (Å²) in [6, 6.07) is 20.1. The SMILES string of the molecule is Brc1cnc2nnn(Cc3ccc4ncccc4c3)c2n1.[C-]#N.[C-]#N.[C-]#[N+]c1cnc2nnn(Cc3ccc4ncccc4c3)c2n1.[Zn+2]. The molecular formula is C31H18BrN15Zn. The molecule has 0 radical (unpaired) electrons. The molecule has 0 saturated carbocycles. The Hall–Kier alpha value is -6.21. The Morgan fingerprint density at radius 3 is 1.69 bits per heavy atom. The molecule has 17 heteroatoms. The summed E-state index contributed by atoms with van der Waals surface area (Å²) in [6.45, 7) is 17.6. The van der Waals surface area contributed by atoms with Gasteiger partial charge in [0.15, 0.2) is 5.65 Å². The van der Waals surface area contributed by atoms with E-state index in [9.17, 15) is 0 Å². The largest absolute Gasteiger partial charge is 2.00 e. The maximum Gasteiger partial charge on any atom is 2.00 e. The predicted octanol–water partition coefficient (Wildman–Crippen LogP) is 5.14. The van der Waals surface area contributed by atoms with Gasteiger partial charge in [-0.1, -0.05) is 46.2 Å². The Morgan fingerprint density at radius 1 is 0.667 bits per heavy atom. The van der Waals surface area contributed by atoms with Crippen LogP contribution in [0.15, 0.2) is 90.1 Å². The maximum atomic E-state index is 7.02. The van der Waals surface area contributed by atoms with E-state index in [1.54, 1.807) is 28.0 Å². The topological polar surface area (TPSA) is 191 Å². The molecule has 0 N–H and O–H groups in total. The van der Waals surface area contributed by atoms with Crippen molar-refractivity contribution in [3.63, 3.8) is 0 Å². The molecule has 15 nitrogen and oxygen atoms in total. The second-order valence-corrected chi connectivity index (χ2v) is 10.2. The summed E-state index contributed by atoms with van der Waals surface area (Å²) in [6.07, 6.45) is 6.58. The summed E-state index contributed by atoms with van der Waals surface area (Å²) in [5, 5.41) is 30.9. The zero-order valence-corrected chi connectivity index (χ0v) is 29.3. The van der Waals surface area contributed by atoms with Crippen molar-refractivity contribution in [2.75, 3.05) is 0 Å². The van der Waals surface area contributed by atoms with Gasteiger partial charge in [0.05, 0.1) is 36.5 Å². The first-order valence-corrected chi connectivity index (χ1v) is 14.2. The minimum Gasteiger partial charge on any atom is -0.512 e. The molecule has 6 aromatic heterocycles. The third-order valence-electron chi connectivity index (χ3n) is 6.53. The number of benzene rings is 2. The number of rotatable bonds is 4. The Morgan fingerprint density at radius 2 is 1.17 bits per heavy atom. The molecule has 0 atom stereocenters. The van der Waals surface area contributed by atoms with E-state index in [-0.39, 0.29) is 25.3 Å². The smallest absolute Gasteiger partial charge is 0.512 e. The first-order valence-electron chi connectivity index (χ1n) is 13.4. The van der Waals surface area contributed by atoms with Gasteiger partial charge in [0, 0.05) is 23.2 Å². The maximum absolute atomic E-state index is 7.02. The number of halogens is 1. The van der Waals surface area contributed by atoms with Gasteiger partial charge in [0.25, 0.3) is 11.5 Å². The van der Waals surface area contributed by atoms with Gasteiger partial charge in [-0.3, -0.25) is 9.97 Å². The molecule has 0 aliphatic carbocycles. The number of nitrogens with zero attached hydrogens (tertiary/aromatic N) is 15. The van der Waals surface area contributed by atoms with Crippen LogP contribution < -0.4 is 0 Å². The van der Waals surface area contributed by atoms with E-state index in [1.165, 1.54) is 6.20 Å². The number of fused-ring (bicyclic) bond motifs is 4. The van der Waals surface area contributed by atoms with Crippen LogP contribution in [0.3, 0.4) is 0 Å². The van der Waals surface area contributed by atoms with Gasteiger partial charge in [-0.25, -0.2) is 24.3 Å². The molecule has 226 valence electrons. The normalized spacial score (nSPS) is 10.0. The number of hydrogen-bond acceptors (Lipinski definition) is 12. The van der Waals surface area contributed by atoms with E-state index in [4.69, 9.17) is 30.2 Å². The van der Waals surface area contributed by atoms with Crippen LogP contribution in [0.4, 0.5) is 5.82 Å². The molecule has 0 saturated heterocycles. The Labute approximate surface area is 293 Å². The van der Waals surface area contributed by atoms with Crippen LogP contribution >= 0.6 is 15.9 Å². The minimum absolute atomic E-state index is 0. The van der Waals surface area contributed by atoms with Crippen molar-refractivity contribution in [1.29, 1.82) is 10.5 Å². The third-order valence-corrected chi connectivity index (χ3v) is 6.91. The summed E-state index contributed by atoms with van der Waals surface area (Å²) >= 11 is 3.32. The molecular weight excluding hydrogens is 728 g/mol. The van der Waals surface area contributed by atoms with Crippen molar-refractivity contribution in [1.82, 2.24) is 59.9 Å². The molecule has 0 fully saturated rings. The van der Waals surface area contributed by atoms with Gasteiger partial charge in [-0.15, -0.1) is 10.2 Å². The molecule has 6 heterocycles. The Balaban J connectivity index is 0.000000193. The molecule has 2 aromatic carbocycles. The summed E-state index contributed by atoms with van der Waals surface area (Å²) in [5.74, 6) is 0.235. The zero-order chi connectivity index (χ0) is 33.2. The number of hydrogen-bond donors (Lipinski definition) is 0. The van der Waals surface area contributed by atoms with Crippen LogP contribution in [-0.2, 0) is 32.6 Å². The molecule has 0 amide bonds. The van der Waals surface area contributed by atoms with Gasteiger partial charge in [-0.2, -0.15) is 0 Å². The average molecular weight is 746 g/mol. The van der Waals surface area contributed by atoms with E-state index in [1.807, 2.05) is 48.5 Å². The quantitative estimate of drug-likeness (QED) is 0.171. The van der Waals surface area contributed by atoms with Gasteiger partial charge >= 0.3 is 19.5 Å². The summed E-state index contributed by atoms with van der Waals surface area (Å²) < 4.78 is 4.06. The second kappa shape index (κ2) is 16.4. The zero-order valence-electron chi connectivity index (χ0n) is 24.8. The van der Waals surface area contributed by atoms with E-state index >= 15 is 0 Å². The number of pyridine rings is 2. The van der Waals surface area contributed by atoms with Crippen molar-refractivity contribution in [3.8, 4) is 0 Å². The van der Waals surface area contributed by atoms with Crippen LogP contribution in [0.25, 0.3) is 49.2 Å². The summed E-state index contributed by atoms with van der Waals surface area (Å²) in [7, 11) is 0. The van der Waals surface area contributed by atoms with Gasteiger partial charge < -0.3 is 28.5 Å². The first kappa shape index (κ1) is 34.7. The Bertz CT molecular complexity index is 2410. The Kier molecular flexibility index (Phi) is 11.8. The van der Waals surface area contributed by atoms with E-state index in [2.05, 4.69) is 83.4 Å². The predicted molar refractivity (Wildman–Crippen MR) is 172 cm³/mol. The van der Waals surface area contributed by atoms with Gasteiger partial charge in [0.2, 0.25) is 11.3 Å². The van der Waals surface area contributed by atoms with E-state index in [0.29, 0.717) is 40.3 Å². The van der Waals surface area contributed by atoms with Crippen molar-refractivity contribution in [2.24, 2.45) is 0 Å². The fraction of sp³-hybridized carbons (Fsp3) is 0.0645. The van der Waals surface area contributed by atoms with Crippen molar-refractivity contribution < 1.29 is 19.5 Å². The molecule has 8 aromatic rings. The average Bonchev–Trinajstić information content (AvgIpc) is 3.72. The molecule has 8 rings (SSSR count). The van der Waals surface area contributed by atoms with Crippen LogP contribution in [0, 0.1) is 30.2 Å². The molecule has 0 unspecified atom stereocenters. The third kappa shape index (κ3) is 7.77. The second-order valence-electron chi connectivity index (χ2n) is 9.38. The van der Waals surface area contributed by atoms with Crippen LogP contribution in [0.2, 0.25) is 0 Å². The monoisotopic (exact) mass is 743 g/mol. The van der Waals surface area contributed by atoms with Crippen LogP contribution in [0.1, 0.15) is 11.1 Å². The molecule has 0 spiro atoms. The summed E-state index contributed by atoms with van der Waals surface area (Å²) in [4.78, 5) is 28.8. The van der Waals surface area contributed by atoms with Crippen molar-refractivity contribution in [3.05, 3.63) is 126 Å². The van der Waals surface area contributed by atoms with Gasteiger partial charge in [0.1, 0.15) is 4.60 Å². The van der Waals surface area contributed by atoms with Crippen molar-refractivity contribution >= 4 is 66.1 Å². The van der Waals surface area contributed by atoms with Crippen LogP contribution in [-0.4, -0.2) is 59.9 Å². The van der Waals surface area contributed by atoms with E-state index in [0.717, 1.165) is 32.9 Å². The van der Waals surface area contributed by atoms with Crippen LogP contribution in [0.5, 0.6) is 0 Å². The van der Waals surface area contributed by atoms with E-state index < -0.39 is 0 Å². The fourth-order valence-electron chi connectivity index (χ4n) is 4.54. The molecule has 48 heavy (non-hydrogen) atoms. The standard InChI is InChI=1S/C15H9N7.C14H9BrN6.2CN.Zn/c1-16-13-8-18-14-15(19-13)22(21-20-14)9-10-4-5-12-11(7-10)3-2-6-17-12;15-12-7-17-13-14(18-12)21(20-19-13)8-9-3-4-11-10(6-9)2-1-5-16-11;2*1-2;/h2-8H,9H2;1-7H,8H2;;;/q;;2*-1;+2. The number of aromatic nitrogens is 12. The first-order chi connectivity index (χ1) is 23.1. The minimum atomic E-state index is 0. The fourth-order valence-corrected chi connectivity index (χ4v) is 4.81.